The van der Waals surface area contributed by atoms with Gasteiger partial charge in [0.15, 0.2) is 0 Å². The van der Waals surface area contributed by atoms with E-state index in [0.29, 0.717) is 5.25 Å². The summed E-state index contributed by atoms with van der Waals surface area (Å²) in [7, 11) is 3.46. The third-order valence-electron chi connectivity index (χ3n) is 1.60. The molecule has 0 bridgehead atoms. The van der Waals surface area contributed by atoms with Crippen molar-refractivity contribution in [3.8, 4) is 0 Å². The summed E-state index contributed by atoms with van der Waals surface area (Å²) in [4.78, 5) is 0. The lowest BCUT2D eigenvalue weighted by Crippen LogP contribution is -2.26. The fourth-order valence-electron chi connectivity index (χ4n) is 0.871. The molecule has 13 heavy (non-hydrogen) atoms. The molecule has 0 amide bonds. The Labute approximate surface area is 85.6 Å². The highest BCUT2D eigenvalue weighted by atomic mass is 32.2. The number of methoxy groups -OCH3 is 2. The Morgan fingerprint density at radius 1 is 1.23 bits per heavy atom. The zero-order valence-corrected chi connectivity index (χ0v) is 9.65. The number of hydrogen-bond acceptors (Lipinski definition) is 4. The highest BCUT2D eigenvalue weighted by molar-refractivity contribution is 7.99. The van der Waals surface area contributed by atoms with Crippen LogP contribution >= 0.6 is 11.8 Å². The zero-order valence-electron chi connectivity index (χ0n) is 8.84. The van der Waals surface area contributed by atoms with Crippen LogP contribution in [-0.2, 0) is 9.47 Å². The topological polar surface area (TPSA) is 30.5 Å². The minimum Gasteiger partial charge on any atom is -0.384 e. The Bertz CT molecular complexity index is 104. The molecule has 1 unspecified atom stereocenters. The molecule has 0 saturated heterocycles. The monoisotopic (exact) mass is 207 g/mol. The molecule has 0 aromatic carbocycles. The van der Waals surface area contributed by atoms with Crippen LogP contribution in [0.4, 0.5) is 0 Å². The Hall–Kier alpha value is 0.230. The number of ether oxygens (including phenoxy) is 2. The van der Waals surface area contributed by atoms with E-state index in [4.69, 9.17) is 9.47 Å². The lowest BCUT2D eigenvalue weighted by atomic mass is 10.4. The first kappa shape index (κ1) is 13.2. The second-order valence-electron chi connectivity index (χ2n) is 2.87. The Morgan fingerprint density at radius 3 is 2.54 bits per heavy atom. The van der Waals surface area contributed by atoms with Crippen LogP contribution in [0.15, 0.2) is 0 Å². The zero-order chi connectivity index (χ0) is 9.94. The van der Waals surface area contributed by atoms with Gasteiger partial charge in [-0.3, -0.25) is 0 Å². The first-order valence-corrected chi connectivity index (χ1v) is 5.66. The fourth-order valence-corrected chi connectivity index (χ4v) is 1.77. The van der Waals surface area contributed by atoms with Gasteiger partial charge in [-0.1, -0.05) is 6.92 Å². The molecule has 0 rings (SSSR count). The minimum atomic E-state index is 0.645. The van der Waals surface area contributed by atoms with Crippen LogP contribution in [0.3, 0.4) is 0 Å². The standard InChI is InChI=1S/C9H21NO2S/c1-9(13-7-6-12-3)8-10-4-5-11-2/h9-10H,4-8H2,1-3H3. The van der Waals surface area contributed by atoms with Gasteiger partial charge in [0.25, 0.3) is 0 Å². The van der Waals surface area contributed by atoms with Crippen molar-refractivity contribution in [1.29, 1.82) is 0 Å². The number of rotatable bonds is 9. The SMILES string of the molecule is COCCNCC(C)SCCOC. The molecule has 0 aliphatic heterocycles. The molecule has 0 heterocycles. The van der Waals surface area contributed by atoms with Crippen LogP contribution in [-0.4, -0.2) is 51.5 Å². The molecule has 0 radical (unpaired) electrons. The van der Waals surface area contributed by atoms with Crippen molar-refractivity contribution < 1.29 is 9.47 Å². The quantitative estimate of drug-likeness (QED) is 0.571. The summed E-state index contributed by atoms with van der Waals surface area (Å²) in [6, 6.07) is 0. The van der Waals surface area contributed by atoms with Crippen molar-refractivity contribution in [2.45, 2.75) is 12.2 Å². The smallest absolute Gasteiger partial charge is 0.0587 e. The molecule has 0 aliphatic carbocycles. The van der Waals surface area contributed by atoms with E-state index < -0.39 is 0 Å². The molecule has 3 nitrogen and oxygen atoms in total. The molecule has 1 N–H and O–H groups in total. The van der Waals surface area contributed by atoms with Crippen LogP contribution in [0.1, 0.15) is 6.92 Å². The molecule has 0 saturated carbocycles. The molecule has 1 atom stereocenters. The maximum absolute atomic E-state index is 4.97. The van der Waals surface area contributed by atoms with Crippen molar-refractivity contribution in [3.63, 3.8) is 0 Å². The van der Waals surface area contributed by atoms with Crippen molar-refractivity contribution in [3.05, 3.63) is 0 Å². The largest absolute Gasteiger partial charge is 0.384 e. The summed E-state index contributed by atoms with van der Waals surface area (Å²) in [6.45, 7) is 5.83. The second-order valence-corrected chi connectivity index (χ2v) is 4.42. The van der Waals surface area contributed by atoms with E-state index in [2.05, 4.69) is 12.2 Å². The summed E-state index contributed by atoms with van der Waals surface area (Å²) in [5.41, 5.74) is 0. The second kappa shape index (κ2) is 10.3. The van der Waals surface area contributed by atoms with Crippen LogP contribution in [0.5, 0.6) is 0 Å². The van der Waals surface area contributed by atoms with Gasteiger partial charge >= 0.3 is 0 Å². The summed E-state index contributed by atoms with van der Waals surface area (Å²) in [5.74, 6) is 1.07. The summed E-state index contributed by atoms with van der Waals surface area (Å²) >= 11 is 1.93. The van der Waals surface area contributed by atoms with E-state index in [0.717, 1.165) is 32.1 Å². The van der Waals surface area contributed by atoms with Crippen molar-refractivity contribution in [2.75, 3.05) is 46.3 Å². The predicted octanol–water partition coefficient (Wildman–Crippen LogP) is 0.990. The van der Waals surface area contributed by atoms with E-state index >= 15 is 0 Å². The van der Waals surface area contributed by atoms with E-state index in [-0.39, 0.29) is 0 Å². The van der Waals surface area contributed by atoms with Gasteiger partial charge in [-0.05, 0) is 0 Å². The molecule has 80 valence electrons. The lowest BCUT2D eigenvalue weighted by molar-refractivity contribution is 0.199. The predicted molar refractivity (Wildman–Crippen MR) is 58.5 cm³/mol. The van der Waals surface area contributed by atoms with E-state index in [1.54, 1.807) is 14.2 Å². The molecule has 0 aliphatic rings. The summed E-state index contributed by atoms with van der Waals surface area (Å²) in [5, 5.41) is 3.97. The van der Waals surface area contributed by atoms with Gasteiger partial charge in [-0.15, -0.1) is 0 Å². The molecule has 0 aromatic rings. The molecule has 0 fully saturated rings. The van der Waals surface area contributed by atoms with E-state index in [1.807, 2.05) is 11.8 Å². The summed E-state index contributed by atoms with van der Waals surface area (Å²) in [6.07, 6.45) is 0. The van der Waals surface area contributed by atoms with Gasteiger partial charge in [-0.2, -0.15) is 11.8 Å². The minimum absolute atomic E-state index is 0.645. The summed E-state index contributed by atoms with van der Waals surface area (Å²) < 4.78 is 9.91. The lowest BCUT2D eigenvalue weighted by Gasteiger charge is -2.11. The first-order valence-electron chi connectivity index (χ1n) is 4.61. The van der Waals surface area contributed by atoms with Gasteiger partial charge in [-0.25, -0.2) is 0 Å². The van der Waals surface area contributed by atoms with Gasteiger partial charge in [0, 0.05) is 38.3 Å². The van der Waals surface area contributed by atoms with E-state index in [1.165, 1.54) is 0 Å². The number of nitrogens with one attached hydrogen (secondary N) is 1. The van der Waals surface area contributed by atoms with Crippen LogP contribution < -0.4 is 5.32 Å². The number of hydrogen-bond donors (Lipinski definition) is 1. The van der Waals surface area contributed by atoms with Crippen molar-refractivity contribution in [1.82, 2.24) is 5.32 Å². The third kappa shape index (κ3) is 10.1. The fraction of sp³-hybridized carbons (Fsp3) is 1.00. The molecular formula is C9H21NO2S. The van der Waals surface area contributed by atoms with Crippen LogP contribution in [0.25, 0.3) is 0 Å². The third-order valence-corrected chi connectivity index (χ3v) is 2.74. The van der Waals surface area contributed by atoms with Crippen molar-refractivity contribution in [2.24, 2.45) is 0 Å². The normalized spacial score (nSPS) is 13.2. The molecule has 0 aromatic heterocycles. The average Bonchev–Trinajstić information content (AvgIpc) is 2.13. The molecular weight excluding hydrogens is 186 g/mol. The molecule has 0 spiro atoms. The van der Waals surface area contributed by atoms with Crippen LogP contribution in [0.2, 0.25) is 0 Å². The first-order chi connectivity index (χ1) is 6.31. The highest BCUT2D eigenvalue weighted by Crippen LogP contribution is 2.08. The number of thioether (sulfide) groups is 1. The van der Waals surface area contributed by atoms with Gasteiger partial charge in [0.05, 0.1) is 13.2 Å². The van der Waals surface area contributed by atoms with E-state index in [9.17, 15) is 0 Å². The maximum Gasteiger partial charge on any atom is 0.0587 e. The van der Waals surface area contributed by atoms with Crippen LogP contribution in [0, 0.1) is 0 Å². The highest BCUT2D eigenvalue weighted by Gasteiger charge is 2.00. The van der Waals surface area contributed by atoms with Crippen molar-refractivity contribution >= 4 is 11.8 Å². The average molecular weight is 207 g/mol. The molecule has 4 heteroatoms. The van der Waals surface area contributed by atoms with Gasteiger partial charge in [0.1, 0.15) is 0 Å². The van der Waals surface area contributed by atoms with Gasteiger partial charge < -0.3 is 14.8 Å². The Kier molecular flexibility index (Phi) is 10.5. The Morgan fingerprint density at radius 2 is 1.92 bits per heavy atom. The van der Waals surface area contributed by atoms with Gasteiger partial charge in [0.2, 0.25) is 0 Å². The maximum atomic E-state index is 4.97. The Balaban J connectivity index is 3.05.